The van der Waals surface area contributed by atoms with Gasteiger partial charge in [0.1, 0.15) is 11.5 Å². The standard InChI is InChI=1S/C14H16F3NO2S/c15-14(16,17)7-21-13-10-3-6-19-11(10)8(1-4-18)9-2-5-20-12(9)13/h1-7,18H2. The predicted octanol–water partition coefficient (Wildman–Crippen LogP) is 2.71. The fourth-order valence-corrected chi connectivity index (χ4v) is 3.87. The van der Waals surface area contributed by atoms with Crippen LogP contribution in [-0.4, -0.2) is 31.7 Å². The van der Waals surface area contributed by atoms with Crippen LogP contribution in [0.1, 0.15) is 16.7 Å². The summed E-state index contributed by atoms with van der Waals surface area (Å²) in [6.45, 7) is 1.50. The zero-order chi connectivity index (χ0) is 15.0. The van der Waals surface area contributed by atoms with E-state index < -0.39 is 11.9 Å². The molecule has 3 nitrogen and oxygen atoms in total. The number of benzene rings is 1. The van der Waals surface area contributed by atoms with Crippen molar-refractivity contribution < 1.29 is 22.6 Å². The third-order valence-electron chi connectivity index (χ3n) is 3.64. The number of halogens is 3. The highest BCUT2D eigenvalue weighted by Gasteiger charge is 2.34. The van der Waals surface area contributed by atoms with E-state index >= 15 is 0 Å². The van der Waals surface area contributed by atoms with Crippen LogP contribution in [0.5, 0.6) is 11.5 Å². The van der Waals surface area contributed by atoms with Crippen LogP contribution >= 0.6 is 11.8 Å². The molecule has 0 amide bonds. The highest BCUT2D eigenvalue weighted by molar-refractivity contribution is 7.99. The van der Waals surface area contributed by atoms with Crippen LogP contribution in [0.2, 0.25) is 0 Å². The van der Waals surface area contributed by atoms with Crippen LogP contribution in [0.15, 0.2) is 4.90 Å². The van der Waals surface area contributed by atoms with Crippen molar-refractivity contribution in [2.75, 3.05) is 25.5 Å². The molecular weight excluding hydrogens is 303 g/mol. The van der Waals surface area contributed by atoms with E-state index in [-0.39, 0.29) is 0 Å². The van der Waals surface area contributed by atoms with E-state index in [1.54, 1.807) is 0 Å². The zero-order valence-electron chi connectivity index (χ0n) is 11.4. The summed E-state index contributed by atoms with van der Waals surface area (Å²) in [7, 11) is 0. The minimum absolute atomic E-state index is 0.483. The van der Waals surface area contributed by atoms with Gasteiger partial charge in [-0.05, 0) is 13.0 Å². The molecule has 0 fully saturated rings. The third-order valence-corrected chi connectivity index (χ3v) is 4.83. The molecular formula is C14H16F3NO2S. The molecule has 0 aromatic heterocycles. The van der Waals surface area contributed by atoms with Crippen LogP contribution in [0.3, 0.4) is 0 Å². The predicted molar refractivity (Wildman–Crippen MR) is 74.4 cm³/mol. The Labute approximate surface area is 125 Å². The van der Waals surface area contributed by atoms with Crippen molar-refractivity contribution >= 4 is 11.8 Å². The molecule has 1 aromatic carbocycles. The fraction of sp³-hybridized carbons (Fsp3) is 0.571. The Balaban J connectivity index is 2.04. The summed E-state index contributed by atoms with van der Waals surface area (Å²) in [5.74, 6) is 0.456. The van der Waals surface area contributed by atoms with Gasteiger partial charge in [-0.25, -0.2) is 0 Å². The number of hydrogen-bond donors (Lipinski definition) is 1. The molecule has 0 radical (unpaired) electrons. The quantitative estimate of drug-likeness (QED) is 0.867. The molecule has 21 heavy (non-hydrogen) atoms. The normalized spacial score (nSPS) is 16.4. The molecule has 2 aliphatic heterocycles. The van der Waals surface area contributed by atoms with Gasteiger partial charge in [-0.2, -0.15) is 13.2 Å². The largest absolute Gasteiger partial charge is 0.493 e. The Bertz CT molecular complexity index is 525. The topological polar surface area (TPSA) is 44.5 Å². The summed E-state index contributed by atoms with van der Waals surface area (Å²) in [5, 5.41) is 0. The van der Waals surface area contributed by atoms with Crippen LogP contribution in [-0.2, 0) is 19.3 Å². The molecule has 2 heterocycles. The van der Waals surface area contributed by atoms with Crippen molar-refractivity contribution in [2.45, 2.75) is 30.3 Å². The molecule has 2 N–H and O–H groups in total. The Morgan fingerprint density at radius 3 is 2.38 bits per heavy atom. The van der Waals surface area contributed by atoms with E-state index in [4.69, 9.17) is 15.2 Å². The number of hydrogen-bond acceptors (Lipinski definition) is 4. The van der Waals surface area contributed by atoms with Gasteiger partial charge in [0.15, 0.2) is 0 Å². The van der Waals surface area contributed by atoms with E-state index in [0.717, 1.165) is 34.2 Å². The first-order valence-electron chi connectivity index (χ1n) is 6.87. The van der Waals surface area contributed by atoms with Crippen molar-refractivity contribution in [2.24, 2.45) is 5.73 Å². The van der Waals surface area contributed by atoms with Crippen LogP contribution in [0.25, 0.3) is 0 Å². The number of ether oxygens (including phenoxy) is 2. The van der Waals surface area contributed by atoms with Gasteiger partial charge in [-0.1, -0.05) is 0 Å². The molecule has 0 bridgehead atoms. The Kier molecular flexibility index (Phi) is 3.96. The first-order valence-corrected chi connectivity index (χ1v) is 7.85. The highest BCUT2D eigenvalue weighted by atomic mass is 32.2. The van der Waals surface area contributed by atoms with Crippen LogP contribution in [0.4, 0.5) is 13.2 Å². The van der Waals surface area contributed by atoms with Gasteiger partial charge in [0.05, 0.1) is 23.9 Å². The average Bonchev–Trinajstić information content (AvgIpc) is 3.04. The summed E-state index contributed by atoms with van der Waals surface area (Å²) in [6, 6.07) is 0. The van der Waals surface area contributed by atoms with Crippen molar-refractivity contribution in [3.8, 4) is 11.5 Å². The molecule has 2 aliphatic rings. The lowest BCUT2D eigenvalue weighted by atomic mass is 9.97. The molecule has 116 valence electrons. The summed E-state index contributed by atoms with van der Waals surface area (Å²) in [6.07, 6.45) is -2.19. The molecule has 0 unspecified atom stereocenters. The summed E-state index contributed by atoms with van der Waals surface area (Å²) >= 11 is 0.804. The van der Waals surface area contributed by atoms with Crippen molar-refractivity contribution in [1.29, 1.82) is 0 Å². The molecule has 1 aromatic rings. The number of nitrogens with two attached hydrogens (primary N) is 1. The maximum Gasteiger partial charge on any atom is 0.398 e. The first kappa shape index (κ1) is 14.8. The minimum Gasteiger partial charge on any atom is -0.493 e. The summed E-state index contributed by atoms with van der Waals surface area (Å²) < 4.78 is 48.9. The lowest BCUT2D eigenvalue weighted by molar-refractivity contribution is -0.105. The second kappa shape index (κ2) is 5.61. The highest BCUT2D eigenvalue weighted by Crippen LogP contribution is 2.49. The molecule has 0 saturated carbocycles. The van der Waals surface area contributed by atoms with Gasteiger partial charge in [0.2, 0.25) is 0 Å². The number of thioether (sulfide) groups is 1. The average molecular weight is 319 g/mol. The molecule has 7 heteroatoms. The van der Waals surface area contributed by atoms with Crippen molar-refractivity contribution in [1.82, 2.24) is 0 Å². The van der Waals surface area contributed by atoms with E-state index in [9.17, 15) is 13.2 Å². The van der Waals surface area contributed by atoms with Gasteiger partial charge in [0, 0.05) is 29.5 Å². The Hall–Kier alpha value is -1.08. The van der Waals surface area contributed by atoms with E-state index in [2.05, 4.69) is 0 Å². The monoisotopic (exact) mass is 319 g/mol. The van der Waals surface area contributed by atoms with E-state index in [0.29, 0.717) is 49.7 Å². The molecule has 3 rings (SSSR count). The number of fused-ring (bicyclic) bond motifs is 2. The molecule has 0 aliphatic carbocycles. The smallest absolute Gasteiger partial charge is 0.398 e. The fourth-order valence-electron chi connectivity index (χ4n) is 2.88. The minimum atomic E-state index is -4.20. The van der Waals surface area contributed by atoms with Crippen molar-refractivity contribution in [3.63, 3.8) is 0 Å². The molecule has 0 spiro atoms. The summed E-state index contributed by atoms with van der Waals surface area (Å²) in [5.41, 5.74) is 8.51. The van der Waals surface area contributed by atoms with E-state index in [1.165, 1.54) is 0 Å². The van der Waals surface area contributed by atoms with Gasteiger partial charge in [-0.15, -0.1) is 11.8 Å². The van der Waals surface area contributed by atoms with Crippen LogP contribution < -0.4 is 15.2 Å². The van der Waals surface area contributed by atoms with Gasteiger partial charge in [0.25, 0.3) is 0 Å². The van der Waals surface area contributed by atoms with Gasteiger partial charge < -0.3 is 15.2 Å². The lowest BCUT2D eigenvalue weighted by Crippen LogP contribution is -2.11. The van der Waals surface area contributed by atoms with Crippen LogP contribution in [0, 0.1) is 0 Å². The first-order chi connectivity index (χ1) is 10.0. The Morgan fingerprint density at radius 1 is 1.05 bits per heavy atom. The number of alkyl halides is 3. The second-order valence-corrected chi connectivity index (χ2v) is 6.05. The maximum atomic E-state index is 12.5. The SMILES string of the molecule is NCCc1c2c(c(SCC(F)(F)F)c3c1OCC3)OCC2. The lowest BCUT2D eigenvalue weighted by Gasteiger charge is -2.17. The van der Waals surface area contributed by atoms with Gasteiger partial charge in [-0.3, -0.25) is 0 Å². The van der Waals surface area contributed by atoms with Crippen molar-refractivity contribution in [3.05, 3.63) is 16.7 Å². The molecule has 0 saturated heterocycles. The molecule has 0 atom stereocenters. The zero-order valence-corrected chi connectivity index (χ0v) is 12.2. The third kappa shape index (κ3) is 2.81. The number of rotatable bonds is 4. The Morgan fingerprint density at radius 2 is 1.71 bits per heavy atom. The van der Waals surface area contributed by atoms with E-state index in [1.807, 2.05) is 0 Å². The second-order valence-electron chi connectivity index (χ2n) is 5.06. The summed E-state index contributed by atoms with van der Waals surface area (Å²) in [4.78, 5) is 0.605. The van der Waals surface area contributed by atoms with Gasteiger partial charge >= 0.3 is 6.18 Å². The maximum absolute atomic E-state index is 12.5.